The first-order valence-corrected chi connectivity index (χ1v) is 4.69. The van der Waals surface area contributed by atoms with Crippen LogP contribution in [0.5, 0.6) is 0 Å². The molecule has 1 saturated heterocycles. The van der Waals surface area contributed by atoms with E-state index in [9.17, 15) is 4.79 Å². The van der Waals surface area contributed by atoms with Crippen molar-refractivity contribution < 1.29 is 9.53 Å². The van der Waals surface area contributed by atoms with E-state index in [-0.39, 0.29) is 12.1 Å². The van der Waals surface area contributed by atoms with Gasteiger partial charge < -0.3 is 14.5 Å². The molecule has 0 aliphatic carbocycles. The molecule has 0 bridgehead atoms. The summed E-state index contributed by atoms with van der Waals surface area (Å²) in [5.41, 5.74) is 0. The molecule has 0 aromatic rings. The summed E-state index contributed by atoms with van der Waals surface area (Å²) in [4.78, 5) is 15.1. The van der Waals surface area contributed by atoms with E-state index in [0.717, 1.165) is 19.5 Å². The third-order valence-corrected chi connectivity index (χ3v) is 2.32. The zero-order valence-corrected chi connectivity index (χ0v) is 8.62. The molecule has 1 aliphatic heterocycles. The summed E-state index contributed by atoms with van der Waals surface area (Å²) in [7, 11) is 4.07. The Bertz CT molecular complexity index is 182. The zero-order chi connectivity index (χ0) is 9.84. The molecule has 4 nitrogen and oxygen atoms in total. The van der Waals surface area contributed by atoms with Gasteiger partial charge in [-0.1, -0.05) is 0 Å². The summed E-state index contributed by atoms with van der Waals surface area (Å²) in [6.45, 7) is 4.36. The number of hydrogen-bond donors (Lipinski definition) is 0. The van der Waals surface area contributed by atoms with Crippen molar-refractivity contribution in [3.63, 3.8) is 0 Å². The van der Waals surface area contributed by atoms with Crippen molar-refractivity contribution in [2.45, 2.75) is 19.4 Å². The van der Waals surface area contributed by atoms with E-state index in [1.54, 1.807) is 4.90 Å². The number of carbonyl (C=O) groups excluding carboxylic acids is 1. The van der Waals surface area contributed by atoms with Gasteiger partial charge >= 0.3 is 6.09 Å². The van der Waals surface area contributed by atoms with Crippen molar-refractivity contribution >= 4 is 6.09 Å². The van der Waals surface area contributed by atoms with E-state index in [1.807, 2.05) is 14.1 Å². The third kappa shape index (κ3) is 2.88. The molecule has 1 aliphatic rings. The van der Waals surface area contributed by atoms with Crippen molar-refractivity contribution in [3.8, 4) is 0 Å². The molecule has 0 aromatic carbocycles. The van der Waals surface area contributed by atoms with Gasteiger partial charge in [-0.15, -0.1) is 0 Å². The minimum atomic E-state index is -0.161. The third-order valence-electron chi connectivity index (χ3n) is 2.32. The highest BCUT2D eigenvalue weighted by Gasteiger charge is 2.26. The molecule has 1 amide bonds. The highest BCUT2D eigenvalue weighted by atomic mass is 16.6. The molecular weight excluding hydrogens is 168 g/mol. The van der Waals surface area contributed by atoms with Gasteiger partial charge in [-0.05, 0) is 34.0 Å². The second-order valence-corrected chi connectivity index (χ2v) is 3.75. The summed E-state index contributed by atoms with van der Waals surface area (Å²) < 4.78 is 4.87. The van der Waals surface area contributed by atoms with Crippen LogP contribution in [0.15, 0.2) is 0 Å². The van der Waals surface area contributed by atoms with Gasteiger partial charge in [0.1, 0.15) is 6.61 Å². The van der Waals surface area contributed by atoms with Crippen LogP contribution >= 0.6 is 0 Å². The molecule has 1 atom stereocenters. The Morgan fingerprint density at radius 3 is 2.77 bits per heavy atom. The second kappa shape index (κ2) is 4.46. The molecule has 0 spiro atoms. The van der Waals surface area contributed by atoms with E-state index in [0.29, 0.717) is 6.61 Å². The smallest absolute Gasteiger partial charge is 0.410 e. The van der Waals surface area contributed by atoms with Gasteiger partial charge in [-0.25, -0.2) is 4.79 Å². The summed E-state index contributed by atoms with van der Waals surface area (Å²) >= 11 is 0. The van der Waals surface area contributed by atoms with Crippen molar-refractivity contribution in [2.75, 3.05) is 33.8 Å². The van der Waals surface area contributed by atoms with Crippen LogP contribution in [0.1, 0.15) is 13.3 Å². The predicted molar refractivity (Wildman–Crippen MR) is 50.7 cm³/mol. The van der Waals surface area contributed by atoms with Crippen LogP contribution < -0.4 is 0 Å². The topological polar surface area (TPSA) is 32.8 Å². The van der Waals surface area contributed by atoms with Crippen molar-refractivity contribution in [3.05, 3.63) is 0 Å². The molecule has 13 heavy (non-hydrogen) atoms. The predicted octanol–water partition coefficient (Wildman–Crippen LogP) is 0.779. The molecule has 0 aromatic heterocycles. The van der Waals surface area contributed by atoms with Crippen LogP contribution in [0, 0.1) is 0 Å². The summed E-state index contributed by atoms with van der Waals surface area (Å²) in [5, 5.41) is 0. The number of carbonyl (C=O) groups is 1. The lowest BCUT2D eigenvalue weighted by atomic mass is 10.2. The van der Waals surface area contributed by atoms with Crippen molar-refractivity contribution in [1.82, 2.24) is 9.80 Å². The Kier molecular flexibility index (Phi) is 3.54. The standard InChI is InChI=1S/C9H18N2O2/c1-8(4-5-10(2)3)11-6-7-13-9(11)12/h8H,4-7H2,1-3H3. The lowest BCUT2D eigenvalue weighted by Gasteiger charge is -2.22. The highest BCUT2D eigenvalue weighted by Crippen LogP contribution is 2.11. The van der Waals surface area contributed by atoms with Gasteiger partial charge in [0.15, 0.2) is 0 Å². The Morgan fingerprint density at radius 2 is 2.31 bits per heavy atom. The van der Waals surface area contributed by atoms with E-state index < -0.39 is 0 Å². The van der Waals surface area contributed by atoms with Crippen LogP contribution in [0.4, 0.5) is 4.79 Å². The van der Waals surface area contributed by atoms with E-state index in [4.69, 9.17) is 4.74 Å². The lowest BCUT2D eigenvalue weighted by molar-refractivity contribution is 0.147. The normalized spacial score (nSPS) is 19.4. The molecule has 4 heteroatoms. The minimum absolute atomic E-state index is 0.161. The summed E-state index contributed by atoms with van der Waals surface area (Å²) in [6, 6.07) is 0.289. The quantitative estimate of drug-likeness (QED) is 0.650. The number of cyclic esters (lactones) is 1. The fourth-order valence-electron chi connectivity index (χ4n) is 1.41. The van der Waals surface area contributed by atoms with Crippen molar-refractivity contribution in [2.24, 2.45) is 0 Å². The Balaban J connectivity index is 2.30. The zero-order valence-electron chi connectivity index (χ0n) is 8.62. The Labute approximate surface area is 79.4 Å². The van der Waals surface area contributed by atoms with Gasteiger partial charge in [0.05, 0.1) is 6.54 Å². The van der Waals surface area contributed by atoms with Crippen LogP contribution in [-0.4, -0.2) is 55.7 Å². The van der Waals surface area contributed by atoms with Gasteiger partial charge in [-0.2, -0.15) is 0 Å². The van der Waals surface area contributed by atoms with Crippen LogP contribution in [0.3, 0.4) is 0 Å². The molecule has 1 fully saturated rings. The summed E-state index contributed by atoms with van der Waals surface area (Å²) in [5.74, 6) is 0. The molecule has 0 radical (unpaired) electrons. The fourth-order valence-corrected chi connectivity index (χ4v) is 1.41. The largest absolute Gasteiger partial charge is 0.448 e. The number of nitrogens with zero attached hydrogens (tertiary/aromatic N) is 2. The second-order valence-electron chi connectivity index (χ2n) is 3.75. The molecule has 1 rings (SSSR count). The van der Waals surface area contributed by atoms with Gasteiger partial charge in [-0.3, -0.25) is 0 Å². The first-order valence-electron chi connectivity index (χ1n) is 4.69. The fraction of sp³-hybridized carbons (Fsp3) is 0.889. The van der Waals surface area contributed by atoms with E-state index in [2.05, 4.69) is 11.8 Å². The highest BCUT2D eigenvalue weighted by molar-refractivity contribution is 5.69. The molecule has 1 heterocycles. The van der Waals surface area contributed by atoms with Gasteiger partial charge in [0.25, 0.3) is 0 Å². The van der Waals surface area contributed by atoms with E-state index >= 15 is 0 Å². The number of hydrogen-bond acceptors (Lipinski definition) is 3. The number of ether oxygens (including phenoxy) is 1. The molecule has 1 unspecified atom stereocenters. The monoisotopic (exact) mass is 186 g/mol. The summed E-state index contributed by atoms with van der Waals surface area (Å²) in [6.07, 6.45) is 0.841. The average molecular weight is 186 g/mol. The first-order chi connectivity index (χ1) is 6.11. The number of rotatable bonds is 4. The molecular formula is C9H18N2O2. The van der Waals surface area contributed by atoms with Gasteiger partial charge in [0, 0.05) is 6.04 Å². The first kappa shape index (κ1) is 10.3. The average Bonchev–Trinajstić information content (AvgIpc) is 2.47. The minimum Gasteiger partial charge on any atom is -0.448 e. The maximum absolute atomic E-state index is 11.2. The van der Waals surface area contributed by atoms with Crippen LogP contribution in [0.25, 0.3) is 0 Å². The Morgan fingerprint density at radius 1 is 1.62 bits per heavy atom. The SMILES string of the molecule is CC(CCN(C)C)N1CCOC1=O. The van der Waals surface area contributed by atoms with Crippen molar-refractivity contribution in [1.29, 1.82) is 0 Å². The lowest BCUT2D eigenvalue weighted by Crippen LogP contribution is -2.35. The van der Waals surface area contributed by atoms with Gasteiger partial charge in [0.2, 0.25) is 0 Å². The Hall–Kier alpha value is -0.770. The molecule has 0 N–H and O–H groups in total. The van der Waals surface area contributed by atoms with Crippen LogP contribution in [0.2, 0.25) is 0 Å². The molecule has 0 saturated carbocycles. The molecule has 76 valence electrons. The van der Waals surface area contributed by atoms with Crippen LogP contribution in [-0.2, 0) is 4.74 Å². The van der Waals surface area contributed by atoms with E-state index in [1.165, 1.54) is 0 Å². The number of amides is 1. The maximum atomic E-state index is 11.2. The maximum Gasteiger partial charge on any atom is 0.410 e.